The predicted octanol–water partition coefficient (Wildman–Crippen LogP) is 4.66. The molecule has 0 aromatic heterocycles. The van der Waals surface area contributed by atoms with Gasteiger partial charge in [0.2, 0.25) is 0 Å². The van der Waals surface area contributed by atoms with Crippen LogP contribution in [0.15, 0.2) is 95.6 Å². The number of rotatable bonds is 3. The molecule has 0 bridgehead atoms. The van der Waals surface area contributed by atoms with E-state index in [1.807, 2.05) is 48.5 Å². The second-order valence-corrected chi connectivity index (χ2v) is 5.83. The van der Waals surface area contributed by atoms with Crippen molar-refractivity contribution in [3.63, 3.8) is 0 Å². The van der Waals surface area contributed by atoms with E-state index in [1.54, 1.807) is 36.4 Å². The molecule has 0 fully saturated rings. The molecule has 1 aliphatic heterocycles. The predicted molar refractivity (Wildman–Crippen MR) is 101 cm³/mol. The average molecular weight is 342 g/mol. The Morgan fingerprint density at radius 1 is 0.808 bits per heavy atom. The van der Waals surface area contributed by atoms with Crippen LogP contribution in [0, 0.1) is 5.82 Å². The van der Waals surface area contributed by atoms with E-state index in [1.165, 1.54) is 11.0 Å². The van der Waals surface area contributed by atoms with Gasteiger partial charge in [0.05, 0.1) is 11.3 Å². The Bertz CT molecular complexity index is 1010. The van der Waals surface area contributed by atoms with Crippen LogP contribution in [0.4, 0.5) is 10.1 Å². The maximum atomic E-state index is 14.4. The van der Waals surface area contributed by atoms with Crippen LogP contribution in [0.25, 0.3) is 6.08 Å². The standard InChI is InChI=1S/C22H15FN2O/c23-19-14-8-7-13-18(19)21-24-20(15-16-9-3-1-4-10-16)22(26)25(21)17-11-5-2-6-12-17/h1-15H/b20-15+. The molecule has 0 aliphatic carbocycles. The zero-order valence-electron chi connectivity index (χ0n) is 13.8. The van der Waals surface area contributed by atoms with Crippen LogP contribution in [-0.2, 0) is 4.79 Å². The van der Waals surface area contributed by atoms with Gasteiger partial charge in [-0.3, -0.25) is 9.69 Å². The van der Waals surface area contributed by atoms with Crippen molar-refractivity contribution in [3.05, 3.63) is 108 Å². The molecule has 126 valence electrons. The number of nitrogens with zero attached hydrogens (tertiary/aromatic N) is 2. The number of amidine groups is 1. The Morgan fingerprint density at radius 3 is 2.12 bits per heavy atom. The Labute approximate surface area is 150 Å². The number of carbonyl (C=O) groups is 1. The van der Waals surface area contributed by atoms with E-state index in [4.69, 9.17) is 0 Å². The molecule has 3 nitrogen and oxygen atoms in total. The highest BCUT2D eigenvalue weighted by molar-refractivity contribution is 6.33. The minimum absolute atomic E-state index is 0.276. The number of aliphatic imine (C=N–C) groups is 1. The number of carbonyl (C=O) groups excluding carboxylic acids is 1. The van der Waals surface area contributed by atoms with E-state index in [0.717, 1.165) is 5.56 Å². The van der Waals surface area contributed by atoms with Crippen molar-refractivity contribution in [1.82, 2.24) is 0 Å². The van der Waals surface area contributed by atoms with Gasteiger partial charge < -0.3 is 0 Å². The lowest BCUT2D eigenvalue weighted by Crippen LogP contribution is -2.33. The number of amides is 1. The number of halogens is 1. The molecule has 0 saturated heterocycles. The summed E-state index contributed by atoms with van der Waals surface area (Å²) in [6.07, 6.45) is 1.71. The summed E-state index contributed by atoms with van der Waals surface area (Å²) in [4.78, 5) is 18.9. The SMILES string of the molecule is O=C1/C(=C\c2ccccc2)N=C(c2ccccc2F)N1c1ccccc1. The summed E-state index contributed by atoms with van der Waals surface area (Å²) in [7, 11) is 0. The third kappa shape index (κ3) is 2.93. The van der Waals surface area contributed by atoms with E-state index in [2.05, 4.69) is 4.99 Å². The quantitative estimate of drug-likeness (QED) is 0.637. The van der Waals surface area contributed by atoms with Crippen LogP contribution in [0.5, 0.6) is 0 Å². The molecule has 0 radical (unpaired) electrons. The second-order valence-electron chi connectivity index (χ2n) is 5.83. The molecule has 1 aliphatic rings. The summed E-state index contributed by atoms with van der Waals surface area (Å²) >= 11 is 0. The summed E-state index contributed by atoms with van der Waals surface area (Å²) in [5.74, 6) is -0.402. The molecule has 4 rings (SSSR count). The summed E-state index contributed by atoms with van der Waals surface area (Å²) in [5, 5.41) is 0. The largest absolute Gasteiger partial charge is 0.282 e. The van der Waals surface area contributed by atoms with Gasteiger partial charge in [-0.2, -0.15) is 0 Å². The zero-order valence-corrected chi connectivity index (χ0v) is 13.8. The first-order valence-corrected chi connectivity index (χ1v) is 8.24. The van der Waals surface area contributed by atoms with Crippen LogP contribution in [-0.4, -0.2) is 11.7 Å². The van der Waals surface area contributed by atoms with Crippen molar-refractivity contribution in [2.45, 2.75) is 0 Å². The fourth-order valence-electron chi connectivity index (χ4n) is 2.86. The molecule has 0 unspecified atom stereocenters. The van der Waals surface area contributed by atoms with E-state index < -0.39 is 5.82 Å². The number of hydrogen-bond donors (Lipinski definition) is 0. The van der Waals surface area contributed by atoms with Gasteiger partial charge in [0.25, 0.3) is 5.91 Å². The van der Waals surface area contributed by atoms with Gasteiger partial charge in [0.1, 0.15) is 11.5 Å². The Morgan fingerprint density at radius 2 is 1.42 bits per heavy atom. The number of para-hydroxylation sites is 1. The Kier molecular flexibility index (Phi) is 4.15. The molecule has 3 aromatic carbocycles. The first-order chi connectivity index (χ1) is 12.7. The first kappa shape index (κ1) is 16.0. The lowest BCUT2D eigenvalue weighted by molar-refractivity contribution is -0.113. The van der Waals surface area contributed by atoms with Crippen LogP contribution >= 0.6 is 0 Å². The normalized spacial score (nSPS) is 15.4. The van der Waals surface area contributed by atoms with Gasteiger partial charge in [-0.25, -0.2) is 9.38 Å². The van der Waals surface area contributed by atoms with Crippen LogP contribution in [0.2, 0.25) is 0 Å². The van der Waals surface area contributed by atoms with Crippen molar-refractivity contribution in [2.75, 3.05) is 4.90 Å². The van der Waals surface area contributed by atoms with E-state index in [-0.39, 0.29) is 11.6 Å². The summed E-state index contributed by atoms with van der Waals surface area (Å²) in [5.41, 5.74) is 2.08. The van der Waals surface area contributed by atoms with Gasteiger partial charge >= 0.3 is 0 Å². The highest BCUT2D eigenvalue weighted by Crippen LogP contribution is 2.28. The van der Waals surface area contributed by atoms with Gasteiger partial charge in [0, 0.05) is 0 Å². The highest BCUT2D eigenvalue weighted by atomic mass is 19.1. The molecule has 0 N–H and O–H groups in total. The maximum Gasteiger partial charge on any atom is 0.282 e. The fraction of sp³-hybridized carbons (Fsp3) is 0. The minimum Gasteiger partial charge on any atom is -0.266 e. The highest BCUT2D eigenvalue weighted by Gasteiger charge is 2.33. The third-order valence-electron chi connectivity index (χ3n) is 4.09. The van der Waals surface area contributed by atoms with Crippen molar-refractivity contribution in [2.24, 2.45) is 4.99 Å². The van der Waals surface area contributed by atoms with Gasteiger partial charge in [-0.05, 0) is 35.9 Å². The summed E-state index contributed by atoms with van der Waals surface area (Å²) in [6.45, 7) is 0. The molecule has 0 spiro atoms. The molecule has 1 amide bonds. The van der Waals surface area contributed by atoms with Crippen LogP contribution in [0.3, 0.4) is 0 Å². The molecule has 4 heteroatoms. The molecule has 1 heterocycles. The summed E-state index contributed by atoms with van der Waals surface area (Å²) in [6, 6.07) is 25.0. The van der Waals surface area contributed by atoms with Crippen molar-refractivity contribution >= 4 is 23.5 Å². The fourth-order valence-corrected chi connectivity index (χ4v) is 2.86. The monoisotopic (exact) mass is 342 g/mol. The van der Waals surface area contributed by atoms with E-state index in [9.17, 15) is 9.18 Å². The summed E-state index contributed by atoms with van der Waals surface area (Å²) < 4.78 is 14.4. The van der Waals surface area contributed by atoms with E-state index in [0.29, 0.717) is 17.1 Å². The van der Waals surface area contributed by atoms with Gasteiger partial charge in [-0.1, -0.05) is 60.7 Å². The van der Waals surface area contributed by atoms with Gasteiger partial charge in [0.15, 0.2) is 5.84 Å². The second kappa shape index (κ2) is 6.76. The minimum atomic E-state index is -0.416. The smallest absolute Gasteiger partial charge is 0.266 e. The Hall–Kier alpha value is -3.53. The molecule has 0 saturated carbocycles. The number of benzene rings is 3. The molecular formula is C22H15FN2O. The molecular weight excluding hydrogens is 327 g/mol. The lowest BCUT2D eigenvalue weighted by Gasteiger charge is -2.18. The number of hydrogen-bond acceptors (Lipinski definition) is 2. The number of anilines is 1. The molecule has 3 aromatic rings. The van der Waals surface area contributed by atoms with Crippen molar-refractivity contribution in [1.29, 1.82) is 0 Å². The lowest BCUT2D eigenvalue weighted by atomic mass is 10.1. The Balaban J connectivity index is 1.86. The first-order valence-electron chi connectivity index (χ1n) is 8.24. The van der Waals surface area contributed by atoms with Crippen molar-refractivity contribution in [3.8, 4) is 0 Å². The zero-order chi connectivity index (χ0) is 17.9. The third-order valence-corrected chi connectivity index (χ3v) is 4.09. The van der Waals surface area contributed by atoms with Crippen LogP contribution < -0.4 is 4.90 Å². The van der Waals surface area contributed by atoms with E-state index >= 15 is 0 Å². The average Bonchev–Trinajstić information content (AvgIpc) is 3.00. The maximum absolute atomic E-state index is 14.4. The topological polar surface area (TPSA) is 32.7 Å². The molecule has 26 heavy (non-hydrogen) atoms. The van der Waals surface area contributed by atoms with Crippen molar-refractivity contribution < 1.29 is 9.18 Å². The van der Waals surface area contributed by atoms with Gasteiger partial charge in [-0.15, -0.1) is 0 Å². The van der Waals surface area contributed by atoms with Crippen LogP contribution in [0.1, 0.15) is 11.1 Å². The molecule has 0 atom stereocenters.